The Kier molecular flexibility index (Phi) is 5.21. The molecule has 0 spiro atoms. The van der Waals surface area contributed by atoms with E-state index in [9.17, 15) is 4.79 Å². The van der Waals surface area contributed by atoms with Crippen LogP contribution in [0, 0.1) is 0 Å². The number of carbonyl (C=O) groups is 1. The van der Waals surface area contributed by atoms with Gasteiger partial charge >= 0.3 is 0 Å². The van der Waals surface area contributed by atoms with Crippen molar-refractivity contribution in [3.63, 3.8) is 0 Å². The molecular weight excluding hydrogens is 370 g/mol. The highest BCUT2D eigenvalue weighted by Gasteiger charge is 2.19. The second-order valence-corrected chi connectivity index (χ2v) is 7.57. The van der Waals surface area contributed by atoms with E-state index >= 15 is 0 Å². The zero-order valence-corrected chi connectivity index (χ0v) is 16.7. The molecule has 0 saturated carbocycles. The molecule has 5 nitrogen and oxygen atoms in total. The molecule has 0 aliphatic carbocycles. The number of rotatable bonds is 6. The molecule has 0 fully saturated rings. The lowest BCUT2D eigenvalue weighted by molar-refractivity contribution is 0.0784. The number of hydrogen-bond donors (Lipinski definition) is 0. The maximum absolute atomic E-state index is 13.0. The number of carbonyl (C=O) groups excluding carboxylic acids is 1. The summed E-state index contributed by atoms with van der Waals surface area (Å²) in [5, 5.41) is 2.04. The first-order valence-electron chi connectivity index (χ1n) is 9.19. The number of ether oxygens (including phenoxy) is 1. The van der Waals surface area contributed by atoms with Gasteiger partial charge in [-0.1, -0.05) is 6.07 Å². The number of hydrogen-bond acceptors (Lipinski definition) is 5. The zero-order chi connectivity index (χ0) is 19.5. The second-order valence-electron chi connectivity index (χ2n) is 6.62. The lowest BCUT2D eigenvalue weighted by Crippen LogP contribution is -2.27. The fourth-order valence-corrected chi connectivity index (χ4v) is 4.09. The van der Waals surface area contributed by atoms with Crippen molar-refractivity contribution in [1.82, 2.24) is 9.88 Å². The number of aliphatic imine (C=N–C) groups is 1. The van der Waals surface area contributed by atoms with E-state index in [4.69, 9.17) is 4.74 Å². The lowest BCUT2D eigenvalue weighted by atomic mass is 10.1. The average Bonchev–Trinajstić information content (AvgIpc) is 3.40. The quantitative estimate of drug-likeness (QED) is 0.625. The molecule has 0 unspecified atom stereocenters. The maximum atomic E-state index is 13.0. The van der Waals surface area contributed by atoms with Crippen molar-refractivity contribution in [1.29, 1.82) is 0 Å². The fourth-order valence-electron chi connectivity index (χ4n) is 3.34. The number of benzene rings is 1. The van der Waals surface area contributed by atoms with Gasteiger partial charge in [0.05, 0.1) is 13.2 Å². The molecule has 0 N–H and O–H groups in total. The molecule has 6 heteroatoms. The van der Waals surface area contributed by atoms with Crippen LogP contribution in [0.2, 0.25) is 0 Å². The van der Waals surface area contributed by atoms with E-state index in [1.165, 1.54) is 0 Å². The lowest BCUT2D eigenvalue weighted by Gasteiger charge is -2.20. The van der Waals surface area contributed by atoms with Gasteiger partial charge in [-0.3, -0.25) is 14.8 Å². The Morgan fingerprint density at radius 1 is 1.29 bits per heavy atom. The Hall–Kier alpha value is -2.99. The molecule has 3 aromatic rings. The summed E-state index contributed by atoms with van der Waals surface area (Å²) in [5.74, 6) is 0.690. The number of nitrogens with zero attached hydrogens (tertiary/aromatic N) is 3. The van der Waals surface area contributed by atoms with Crippen LogP contribution in [0.1, 0.15) is 34.0 Å². The molecule has 0 radical (unpaired) electrons. The highest BCUT2D eigenvalue weighted by atomic mass is 32.1. The van der Waals surface area contributed by atoms with Gasteiger partial charge in [0.1, 0.15) is 5.75 Å². The van der Waals surface area contributed by atoms with Crippen LogP contribution in [-0.4, -0.2) is 35.7 Å². The topological polar surface area (TPSA) is 54.8 Å². The van der Waals surface area contributed by atoms with Crippen LogP contribution < -0.4 is 4.74 Å². The van der Waals surface area contributed by atoms with Crippen LogP contribution >= 0.6 is 11.3 Å². The van der Waals surface area contributed by atoms with Gasteiger partial charge in [-0.2, -0.15) is 0 Å². The summed E-state index contributed by atoms with van der Waals surface area (Å²) in [6, 6.07) is 9.74. The first-order valence-corrected chi connectivity index (χ1v) is 10.1. The van der Waals surface area contributed by atoms with Crippen LogP contribution in [0.5, 0.6) is 5.75 Å². The minimum absolute atomic E-state index is 0.0461. The summed E-state index contributed by atoms with van der Waals surface area (Å²) in [6.45, 7) is 3.64. The van der Waals surface area contributed by atoms with Crippen molar-refractivity contribution in [3.8, 4) is 16.2 Å². The smallest absolute Gasteiger partial charge is 0.254 e. The normalized spacial score (nSPS) is 12.1. The molecule has 3 heterocycles. The van der Waals surface area contributed by atoms with Crippen molar-refractivity contribution in [2.24, 2.45) is 4.99 Å². The second kappa shape index (κ2) is 7.94. The van der Waals surface area contributed by atoms with Gasteiger partial charge in [-0.05, 0) is 47.7 Å². The van der Waals surface area contributed by atoms with Gasteiger partial charge < -0.3 is 9.64 Å². The Morgan fingerprint density at radius 2 is 2.18 bits per heavy atom. The minimum atomic E-state index is -0.0461. The van der Waals surface area contributed by atoms with Gasteiger partial charge in [0.15, 0.2) is 0 Å². The highest BCUT2D eigenvalue weighted by Crippen LogP contribution is 2.34. The molecule has 0 atom stereocenters. The maximum Gasteiger partial charge on any atom is 0.254 e. The van der Waals surface area contributed by atoms with E-state index < -0.39 is 0 Å². The monoisotopic (exact) mass is 391 g/mol. The highest BCUT2D eigenvalue weighted by molar-refractivity contribution is 7.13. The van der Waals surface area contributed by atoms with Crippen molar-refractivity contribution in [2.45, 2.75) is 20.0 Å². The Bertz CT molecular complexity index is 1030. The van der Waals surface area contributed by atoms with Crippen LogP contribution in [0.3, 0.4) is 0 Å². The number of amides is 1. The SMILES string of the molecule is CCOc1cc(C(=O)N(C)Cc2cncc3c2CN=C3)ccc1-c1cccs1. The first kappa shape index (κ1) is 18.4. The molecule has 1 aliphatic rings. The van der Waals surface area contributed by atoms with Crippen molar-refractivity contribution < 1.29 is 9.53 Å². The van der Waals surface area contributed by atoms with Crippen molar-refractivity contribution in [3.05, 3.63) is 70.4 Å². The van der Waals surface area contributed by atoms with Gasteiger partial charge in [0.2, 0.25) is 0 Å². The molecule has 1 amide bonds. The molecule has 4 rings (SSSR count). The van der Waals surface area contributed by atoms with Crippen LogP contribution in [0.25, 0.3) is 10.4 Å². The Balaban J connectivity index is 1.57. The first-order chi connectivity index (χ1) is 13.7. The van der Waals surface area contributed by atoms with E-state index in [0.29, 0.717) is 25.3 Å². The summed E-state index contributed by atoms with van der Waals surface area (Å²) in [4.78, 5) is 24.4. The van der Waals surface area contributed by atoms with Gasteiger partial charge in [-0.25, -0.2) is 0 Å². The third kappa shape index (κ3) is 3.55. The fraction of sp³-hybridized carbons (Fsp3) is 0.227. The standard InChI is InChI=1S/C22H21N3O2S/c1-3-27-20-9-15(6-7-18(20)21-5-4-8-28-21)22(26)25(2)14-17-12-23-10-16-11-24-13-19(16)17/h4-12H,3,13-14H2,1-2H3. The van der Waals surface area contributed by atoms with Crippen LogP contribution in [-0.2, 0) is 13.1 Å². The molecule has 1 aromatic carbocycles. The van der Waals surface area contributed by atoms with E-state index in [0.717, 1.165) is 32.9 Å². The summed E-state index contributed by atoms with van der Waals surface area (Å²) < 4.78 is 5.82. The van der Waals surface area contributed by atoms with E-state index in [2.05, 4.69) is 16.0 Å². The molecule has 2 aromatic heterocycles. The van der Waals surface area contributed by atoms with Gasteiger partial charge in [0.25, 0.3) is 5.91 Å². The van der Waals surface area contributed by atoms with E-state index in [1.807, 2.05) is 62.2 Å². The van der Waals surface area contributed by atoms with Crippen LogP contribution in [0.15, 0.2) is 53.1 Å². The number of pyridine rings is 1. The third-order valence-corrected chi connectivity index (χ3v) is 5.63. The number of aromatic nitrogens is 1. The zero-order valence-electron chi connectivity index (χ0n) is 15.9. The molecule has 0 bridgehead atoms. The van der Waals surface area contributed by atoms with Crippen LogP contribution in [0.4, 0.5) is 0 Å². The summed E-state index contributed by atoms with van der Waals surface area (Å²) in [7, 11) is 1.81. The van der Waals surface area contributed by atoms with E-state index in [1.54, 1.807) is 16.2 Å². The minimum Gasteiger partial charge on any atom is -0.493 e. The number of fused-ring (bicyclic) bond motifs is 1. The molecule has 28 heavy (non-hydrogen) atoms. The summed E-state index contributed by atoms with van der Waals surface area (Å²) in [5.41, 5.74) is 4.85. The Labute approximate surface area is 168 Å². The largest absolute Gasteiger partial charge is 0.493 e. The van der Waals surface area contributed by atoms with Crippen molar-refractivity contribution in [2.75, 3.05) is 13.7 Å². The van der Waals surface area contributed by atoms with Crippen molar-refractivity contribution >= 4 is 23.5 Å². The summed E-state index contributed by atoms with van der Waals surface area (Å²) in [6.07, 6.45) is 5.48. The predicted octanol–water partition coefficient (Wildman–Crippen LogP) is 4.41. The van der Waals surface area contributed by atoms with Gasteiger partial charge in [-0.15, -0.1) is 11.3 Å². The van der Waals surface area contributed by atoms with E-state index in [-0.39, 0.29) is 5.91 Å². The molecule has 142 valence electrons. The summed E-state index contributed by atoms with van der Waals surface area (Å²) >= 11 is 1.66. The molecule has 1 aliphatic heterocycles. The number of thiophene rings is 1. The predicted molar refractivity (Wildman–Crippen MR) is 112 cm³/mol. The average molecular weight is 391 g/mol. The third-order valence-electron chi connectivity index (χ3n) is 4.73. The van der Waals surface area contributed by atoms with Gasteiger partial charge in [0, 0.05) is 53.8 Å². The molecule has 0 saturated heterocycles. The molecular formula is C22H21N3O2S. The Morgan fingerprint density at radius 3 is 2.96 bits per heavy atom.